The molecule has 1 saturated carbocycles. The second-order valence-corrected chi connectivity index (χ2v) is 8.90. The van der Waals surface area contributed by atoms with Crippen LogP contribution in [0.5, 0.6) is 0 Å². The van der Waals surface area contributed by atoms with Gasteiger partial charge >= 0.3 is 0 Å². The SMILES string of the molecule is Cc1ncsc1C(=O)N1C[C@@H](CNC(=O)C2(C)CC2)[C@H](c2cncn2C)C1. The number of nitrogens with one attached hydrogen (secondary N) is 1. The van der Waals surface area contributed by atoms with E-state index in [0.717, 1.165) is 24.2 Å². The van der Waals surface area contributed by atoms with E-state index in [0.29, 0.717) is 24.5 Å². The highest BCUT2D eigenvalue weighted by molar-refractivity contribution is 7.11. The lowest BCUT2D eigenvalue weighted by molar-refractivity contribution is -0.125. The van der Waals surface area contributed by atoms with Gasteiger partial charge in [0.2, 0.25) is 5.91 Å². The quantitative estimate of drug-likeness (QED) is 0.850. The van der Waals surface area contributed by atoms with Crippen molar-refractivity contribution in [2.24, 2.45) is 18.4 Å². The van der Waals surface area contributed by atoms with E-state index in [-0.39, 0.29) is 29.1 Å². The number of amides is 2. The van der Waals surface area contributed by atoms with Crippen LogP contribution in [-0.2, 0) is 11.8 Å². The highest BCUT2D eigenvalue weighted by Gasteiger charge is 2.45. The predicted octanol–water partition coefficient (Wildman–Crippen LogP) is 1.96. The van der Waals surface area contributed by atoms with Crippen LogP contribution in [0.15, 0.2) is 18.0 Å². The predicted molar refractivity (Wildman–Crippen MR) is 103 cm³/mol. The van der Waals surface area contributed by atoms with Gasteiger partial charge in [0.25, 0.3) is 5.91 Å². The average molecular weight is 388 g/mol. The fourth-order valence-corrected chi connectivity index (χ4v) is 4.58. The van der Waals surface area contributed by atoms with Crippen LogP contribution in [0.2, 0.25) is 0 Å². The van der Waals surface area contributed by atoms with Crippen LogP contribution in [0.4, 0.5) is 0 Å². The third-order valence-corrected chi connectivity index (χ3v) is 6.89. The molecule has 0 bridgehead atoms. The van der Waals surface area contributed by atoms with Crippen molar-refractivity contribution < 1.29 is 9.59 Å². The van der Waals surface area contributed by atoms with Gasteiger partial charge < -0.3 is 14.8 Å². The number of aryl methyl sites for hydroxylation is 2. The van der Waals surface area contributed by atoms with Crippen LogP contribution in [0.3, 0.4) is 0 Å². The molecule has 3 heterocycles. The van der Waals surface area contributed by atoms with Crippen LogP contribution in [0.25, 0.3) is 0 Å². The summed E-state index contributed by atoms with van der Waals surface area (Å²) >= 11 is 1.39. The number of thiazole rings is 1. The van der Waals surface area contributed by atoms with E-state index in [1.165, 1.54) is 11.3 Å². The first-order valence-corrected chi connectivity index (χ1v) is 10.2. The van der Waals surface area contributed by atoms with Crippen molar-refractivity contribution in [1.29, 1.82) is 0 Å². The topological polar surface area (TPSA) is 80.1 Å². The van der Waals surface area contributed by atoms with E-state index in [4.69, 9.17) is 0 Å². The van der Waals surface area contributed by atoms with Gasteiger partial charge in [0, 0.05) is 55.8 Å². The molecule has 1 aliphatic heterocycles. The molecule has 2 aromatic heterocycles. The van der Waals surface area contributed by atoms with Crippen molar-refractivity contribution in [1.82, 2.24) is 24.8 Å². The minimum absolute atomic E-state index is 0.0325. The Labute approximate surface area is 162 Å². The molecule has 0 aromatic carbocycles. The smallest absolute Gasteiger partial charge is 0.265 e. The Bertz CT molecular complexity index is 869. The minimum atomic E-state index is -0.185. The number of aromatic nitrogens is 3. The Morgan fingerprint density at radius 1 is 1.37 bits per heavy atom. The van der Waals surface area contributed by atoms with Gasteiger partial charge in [-0.1, -0.05) is 6.92 Å². The Morgan fingerprint density at radius 3 is 2.74 bits per heavy atom. The van der Waals surface area contributed by atoms with Gasteiger partial charge in [0.1, 0.15) is 4.88 Å². The van der Waals surface area contributed by atoms with Gasteiger partial charge in [0.05, 0.1) is 17.5 Å². The fourth-order valence-electron chi connectivity index (χ4n) is 3.81. The van der Waals surface area contributed by atoms with Crippen LogP contribution >= 0.6 is 11.3 Å². The molecule has 0 spiro atoms. The van der Waals surface area contributed by atoms with Crippen molar-refractivity contribution in [3.05, 3.63) is 34.3 Å². The van der Waals surface area contributed by atoms with Gasteiger partial charge in [0.15, 0.2) is 0 Å². The molecule has 2 amide bonds. The molecule has 144 valence electrons. The van der Waals surface area contributed by atoms with Crippen LogP contribution < -0.4 is 5.32 Å². The summed E-state index contributed by atoms with van der Waals surface area (Å²) in [4.78, 5) is 36.4. The Kier molecular flexibility index (Phi) is 4.53. The molecule has 2 atom stereocenters. The number of hydrogen-bond donors (Lipinski definition) is 1. The average Bonchev–Trinajstić information content (AvgIpc) is 3.01. The van der Waals surface area contributed by atoms with Crippen LogP contribution in [0.1, 0.15) is 46.7 Å². The summed E-state index contributed by atoms with van der Waals surface area (Å²) in [5.74, 6) is 0.491. The summed E-state index contributed by atoms with van der Waals surface area (Å²) in [6, 6.07) is 0. The van der Waals surface area contributed by atoms with Gasteiger partial charge in [-0.3, -0.25) is 9.59 Å². The molecule has 4 rings (SSSR count). The number of carbonyl (C=O) groups excluding carboxylic acids is 2. The third kappa shape index (κ3) is 3.38. The highest BCUT2D eigenvalue weighted by atomic mass is 32.1. The van der Waals surface area contributed by atoms with E-state index < -0.39 is 0 Å². The molecular weight excluding hydrogens is 362 g/mol. The van der Waals surface area contributed by atoms with Crippen LogP contribution in [0, 0.1) is 18.3 Å². The van der Waals surface area contributed by atoms with Crippen molar-refractivity contribution in [2.45, 2.75) is 32.6 Å². The first-order chi connectivity index (χ1) is 12.9. The summed E-state index contributed by atoms with van der Waals surface area (Å²) in [6.45, 7) is 5.72. The molecule has 1 saturated heterocycles. The maximum Gasteiger partial charge on any atom is 0.265 e. The molecule has 1 aliphatic carbocycles. The molecule has 2 fully saturated rings. The summed E-state index contributed by atoms with van der Waals surface area (Å²) in [7, 11) is 1.97. The molecule has 8 heteroatoms. The Morgan fingerprint density at radius 2 is 2.15 bits per heavy atom. The van der Waals surface area contributed by atoms with Gasteiger partial charge in [-0.05, 0) is 19.8 Å². The van der Waals surface area contributed by atoms with E-state index in [1.54, 1.807) is 11.8 Å². The van der Waals surface area contributed by atoms with Gasteiger partial charge in [-0.15, -0.1) is 11.3 Å². The van der Waals surface area contributed by atoms with Crippen molar-refractivity contribution in [3.8, 4) is 0 Å². The molecule has 27 heavy (non-hydrogen) atoms. The second kappa shape index (κ2) is 6.74. The molecule has 0 unspecified atom stereocenters. The monoisotopic (exact) mass is 387 g/mol. The van der Waals surface area contributed by atoms with E-state index >= 15 is 0 Å². The first-order valence-electron chi connectivity index (χ1n) is 9.33. The number of carbonyl (C=O) groups is 2. The summed E-state index contributed by atoms with van der Waals surface area (Å²) in [5.41, 5.74) is 3.41. The second-order valence-electron chi connectivity index (χ2n) is 8.04. The molecule has 2 aromatic rings. The summed E-state index contributed by atoms with van der Waals surface area (Å²) < 4.78 is 2.01. The lowest BCUT2D eigenvalue weighted by Gasteiger charge is -2.20. The molecule has 2 aliphatic rings. The zero-order valence-corrected chi connectivity index (χ0v) is 16.8. The van der Waals surface area contributed by atoms with E-state index in [9.17, 15) is 9.59 Å². The third-order valence-electron chi connectivity index (χ3n) is 5.97. The largest absolute Gasteiger partial charge is 0.355 e. The highest BCUT2D eigenvalue weighted by Crippen LogP contribution is 2.45. The van der Waals surface area contributed by atoms with Gasteiger partial charge in [-0.25, -0.2) is 9.97 Å². The Hall–Kier alpha value is -2.22. The molecule has 1 N–H and O–H groups in total. The van der Waals surface area contributed by atoms with E-state index in [1.807, 2.05) is 36.6 Å². The molecule has 7 nitrogen and oxygen atoms in total. The molecular formula is C19H25N5O2S. The first kappa shape index (κ1) is 18.2. The standard InChI is InChI=1S/C19H25N5O2S/c1-12-16(27-11-22-12)17(25)24-8-13(6-21-18(26)19(2)4-5-19)14(9-24)15-7-20-10-23(15)3/h7,10-11,13-14H,4-6,8-9H2,1-3H3,(H,21,26)/t13-,14-/m1/s1. The number of rotatable bonds is 5. The van der Waals surface area contributed by atoms with Crippen LogP contribution in [-0.4, -0.2) is 50.9 Å². The van der Waals surface area contributed by atoms with Crippen molar-refractivity contribution in [3.63, 3.8) is 0 Å². The van der Waals surface area contributed by atoms with Crippen molar-refractivity contribution >= 4 is 23.2 Å². The van der Waals surface area contributed by atoms with Gasteiger partial charge in [-0.2, -0.15) is 0 Å². The van der Waals surface area contributed by atoms with Crippen molar-refractivity contribution in [2.75, 3.05) is 19.6 Å². The normalized spacial score (nSPS) is 23.4. The minimum Gasteiger partial charge on any atom is -0.355 e. The number of hydrogen-bond acceptors (Lipinski definition) is 5. The fraction of sp³-hybridized carbons (Fsp3) is 0.579. The van der Waals surface area contributed by atoms with E-state index in [2.05, 4.69) is 15.3 Å². The summed E-state index contributed by atoms with van der Waals surface area (Å²) in [5, 5.41) is 3.13. The number of nitrogens with zero attached hydrogens (tertiary/aromatic N) is 4. The zero-order chi connectivity index (χ0) is 19.2. The zero-order valence-electron chi connectivity index (χ0n) is 15.9. The summed E-state index contributed by atoms with van der Waals surface area (Å²) in [6.07, 6.45) is 5.58. The lowest BCUT2D eigenvalue weighted by Crippen LogP contribution is -2.36. The Balaban J connectivity index is 1.52. The number of imidazole rings is 1. The molecule has 0 radical (unpaired) electrons. The lowest BCUT2D eigenvalue weighted by atomic mass is 9.92. The maximum atomic E-state index is 13.0. The maximum absolute atomic E-state index is 13.0. The number of likely N-dealkylation sites (tertiary alicyclic amines) is 1.